The van der Waals surface area contributed by atoms with Crippen molar-refractivity contribution in [1.29, 1.82) is 0 Å². The number of aryl methyl sites for hydroxylation is 2. The van der Waals surface area contributed by atoms with Crippen LogP contribution in [-0.2, 0) is 16.1 Å². The number of aromatic nitrogens is 2. The zero-order valence-corrected chi connectivity index (χ0v) is 18.1. The fourth-order valence-electron chi connectivity index (χ4n) is 3.03. The van der Waals surface area contributed by atoms with Crippen LogP contribution < -0.4 is 4.74 Å². The maximum atomic E-state index is 12.0. The van der Waals surface area contributed by atoms with Crippen molar-refractivity contribution in [3.8, 4) is 5.75 Å². The minimum atomic E-state index is -0.417. The Kier molecular flexibility index (Phi) is 7.31. The van der Waals surface area contributed by atoms with Gasteiger partial charge in [0.25, 0.3) is 0 Å². The summed E-state index contributed by atoms with van der Waals surface area (Å²) >= 11 is 6.26. The minimum absolute atomic E-state index is 0.181. The molecule has 3 aromatic rings. The fraction of sp³-hybridized carbons (Fsp3) is 0.250. The van der Waals surface area contributed by atoms with E-state index in [2.05, 4.69) is 5.10 Å². The number of esters is 1. The average molecular weight is 425 g/mol. The minimum Gasteiger partial charge on any atom is -0.490 e. The molecule has 3 rings (SSSR count). The van der Waals surface area contributed by atoms with Crippen LogP contribution >= 0.6 is 11.6 Å². The number of benzene rings is 2. The molecule has 0 atom stereocenters. The molecule has 0 saturated carbocycles. The number of hydrogen-bond acceptors (Lipinski definition) is 4. The predicted octanol–water partition coefficient (Wildman–Crippen LogP) is 5.15. The molecular weight excluding hydrogens is 400 g/mol. The second-order valence-corrected chi connectivity index (χ2v) is 7.40. The van der Waals surface area contributed by atoms with Gasteiger partial charge in [-0.1, -0.05) is 47.5 Å². The first-order chi connectivity index (χ1) is 14.4. The molecule has 1 heterocycles. The molecule has 0 aliphatic carbocycles. The molecule has 2 aromatic carbocycles. The summed E-state index contributed by atoms with van der Waals surface area (Å²) in [6.45, 7) is 6.95. The van der Waals surface area contributed by atoms with Crippen LogP contribution in [0.25, 0.3) is 6.08 Å². The van der Waals surface area contributed by atoms with E-state index in [0.717, 1.165) is 28.3 Å². The van der Waals surface area contributed by atoms with Gasteiger partial charge in [-0.15, -0.1) is 0 Å². The van der Waals surface area contributed by atoms with E-state index in [-0.39, 0.29) is 6.61 Å². The summed E-state index contributed by atoms with van der Waals surface area (Å²) in [5.41, 5.74) is 4.85. The van der Waals surface area contributed by atoms with E-state index in [0.29, 0.717) is 18.2 Å². The van der Waals surface area contributed by atoms with Crippen LogP contribution in [0.15, 0.2) is 54.6 Å². The van der Waals surface area contributed by atoms with Crippen LogP contribution in [0, 0.1) is 20.8 Å². The Balaban J connectivity index is 1.53. The number of ether oxygens (including phenoxy) is 2. The molecule has 30 heavy (non-hydrogen) atoms. The van der Waals surface area contributed by atoms with Gasteiger partial charge in [0, 0.05) is 22.4 Å². The summed E-state index contributed by atoms with van der Waals surface area (Å²) in [6, 6.07) is 15.4. The first-order valence-corrected chi connectivity index (χ1v) is 10.1. The quantitative estimate of drug-likeness (QED) is 0.285. The van der Waals surface area contributed by atoms with E-state index in [1.807, 2.05) is 74.0 Å². The Hall–Kier alpha value is -3.05. The van der Waals surface area contributed by atoms with Gasteiger partial charge in [-0.2, -0.15) is 5.10 Å². The number of carbonyl (C=O) groups is 1. The van der Waals surface area contributed by atoms with E-state index in [1.54, 1.807) is 6.08 Å². The third-order valence-corrected chi connectivity index (χ3v) is 5.09. The van der Waals surface area contributed by atoms with E-state index in [9.17, 15) is 4.79 Å². The van der Waals surface area contributed by atoms with E-state index >= 15 is 0 Å². The van der Waals surface area contributed by atoms with Crippen molar-refractivity contribution >= 4 is 23.6 Å². The van der Waals surface area contributed by atoms with Crippen LogP contribution in [0.3, 0.4) is 0 Å². The van der Waals surface area contributed by atoms with Gasteiger partial charge in [0.1, 0.15) is 19.0 Å². The first kappa shape index (κ1) is 21.7. The molecule has 1 aromatic heterocycles. The van der Waals surface area contributed by atoms with Crippen LogP contribution in [0.5, 0.6) is 5.75 Å². The topological polar surface area (TPSA) is 53.4 Å². The highest BCUT2D eigenvalue weighted by atomic mass is 35.5. The molecule has 0 spiro atoms. The Morgan fingerprint density at radius 1 is 1.07 bits per heavy atom. The summed E-state index contributed by atoms with van der Waals surface area (Å²) in [4.78, 5) is 12.0. The highest BCUT2D eigenvalue weighted by Crippen LogP contribution is 2.20. The van der Waals surface area contributed by atoms with Crippen molar-refractivity contribution in [2.24, 2.45) is 0 Å². The number of halogens is 1. The van der Waals surface area contributed by atoms with Gasteiger partial charge >= 0.3 is 5.97 Å². The normalized spacial score (nSPS) is 11.1. The molecule has 0 amide bonds. The van der Waals surface area contributed by atoms with Gasteiger partial charge in [0.15, 0.2) is 0 Å². The standard InChI is InChI=1S/C24H25ClN2O3/c1-17-8-10-21(11-9-17)29-14-15-30-24(28)13-12-22-18(2)26-27(19(22)3)16-20-6-4-5-7-23(20)25/h4-13H,14-16H2,1-3H3/b13-12+. The Morgan fingerprint density at radius 3 is 2.53 bits per heavy atom. The Bertz CT molecular complexity index is 1040. The molecule has 0 saturated heterocycles. The molecule has 0 radical (unpaired) electrons. The van der Waals surface area contributed by atoms with Crippen molar-refractivity contribution in [3.63, 3.8) is 0 Å². The molecule has 0 unspecified atom stereocenters. The van der Waals surface area contributed by atoms with Crippen LogP contribution in [-0.4, -0.2) is 29.0 Å². The molecule has 0 N–H and O–H groups in total. The molecule has 0 bridgehead atoms. The second-order valence-electron chi connectivity index (χ2n) is 7.00. The number of nitrogens with zero attached hydrogens (tertiary/aromatic N) is 2. The van der Waals surface area contributed by atoms with Crippen LogP contribution in [0.4, 0.5) is 0 Å². The largest absolute Gasteiger partial charge is 0.490 e. The summed E-state index contributed by atoms with van der Waals surface area (Å²) in [5, 5.41) is 5.28. The van der Waals surface area contributed by atoms with Gasteiger partial charge < -0.3 is 9.47 Å². The summed E-state index contributed by atoms with van der Waals surface area (Å²) in [7, 11) is 0. The third kappa shape index (κ3) is 5.74. The number of hydrogen-bond donors (Lipinski definition) is 0. The van der Waals surface area contributed by atoms with Crippen molar-refractivity contribution in [1.82, 2.24) is 9.78 Å². The second kappa shape index (κ2) is 10.1. The lowest BCUT2D eigenvalue weighted by molar-refractivity contribution is -0.138. The molecule has 0 aliphatic rings. The average Bonchev–Trinajstić information content (AvgIpc) is 2.99. The lowest BCUT2D eigenvalue weighted by atomic mass is 10.1. The van der Waals surface area contributed by atoms with Crippen molar-refractivity contribution < 1.29 is 14.3 Å². The van der Waals surface area contributed by atoms with E-state index in [1.165, 1.54) is 11.6 Å². The van der Waals surface area contributed by atoms with E-state index < -0.39 is 5.97 Å². The summed E-state index contributed by atoms with van der Waals surface area (Å²) < 4.78 is 12.7. The third-order valence-electron chi connectivity index (χ3n) is 4.72. The molecule has 156 valence electrons. The molecule has 0 fully saturated rings. The van der Waals surface area contributed by atoms with Gasteiger partial charge in [-0.3, -0.25) is 4.68 Å². The Morgan fingerprint density at radius 2 is 1.80 bits per heavy atom. The molecule has 5 nitrogen and oxygen atoms in total. The zero-order valence-electron chi connectivity index (χ0n) is 17.4. The summed E-state index contributed by atoms with van der Waals surface area (Å²) in [5.74, 6) is 0.338. The molecule has 0 aliphatic heterocycles. The van der Waals surface area contributed by atoms with Crippen molar-refractivity contribution in [3.05, 3.63) is 87.7 Å². The lowest BCUT2D eigenvalue weighted by Crippen LogP contribution is -2.10. The van der Waals surface area contributed by atoms with E-state index in [4.69, 9.17) is 21.1 Å². The Labute approximate surface area is 181 Å². The van der Waals surface area contributed by atoms with Gasteiger partial charge in [0.05, 0.1) is 12.2 Å². The van der Waals surface area contributed by atoms with Crippen molar-refractivity contribution in [2.75, 3.05) is 13.2 Å². The molecule has 6 heteroatoms. The van der Waals surface area contributed by atoms with Crippen molar-refractivity contribution in [2.45, 2.75) is 27.3 Å². The lowest BCUT2D eigenvalue weighted by Gasteiger charge is -2.07. The summed E-state index contributed by atoms with van der Waals surface area (Å²) in [6.07, 6.45) is 3.16. The van der Waals surface area contributed by atoms with Crippen LogP contribution in [0.2, 0.25) is 5.02 Å². The molecular formula is C24H25ClN2O3. The number of rotatable bonds is 8. The maximum absolute atomic E-state index is 12.0. The SMILES string of the molecule is Cc1ccc(OCCOC(=O)/C=C/c2c(C)nn(Cc3ccccc3Cl)c2C)cc1. The highest BCUT2D eigenvalue weighted by molar-refractivity contribution is 6.31. The zero-order chi connectivity index (χ0) is 21.5. The smallest absolute Gasteiger partial charge is 0.330 e. The first-order valence-electron chi connectivity index (χ1n) is 9.76. The van der Waals surface area contributed by atoms with Gasteiger partial charge in [-0.25, -0.2) is 4.79 Å². The van der Waals surface area contributed by atoms with Gasteiger partial charge in [0.2, 0.25) is 0 Å². The predicted molar refractivity (Wildman–Crippen MR) is 119 cm³/mol. The monoisotopic (exact) mass is 424 g/mol. The van der Waals surface area contributed by atoms with Gasteiger partial charge in [-0.05, 0) is 50.6 Å². The number of carbonyl (C=O) groups excluding carboxylic acids is 1. The highest BCUT2D eigenvalue weighted by Gasteiger charge is 2.11. The fourth-order valence-corrected chi connectivity index (χ4v) is 3.23. The van der Waals surface area contributed by atoms with Crippen LogP contribution in [0.1, 0.15) is 28.1 Å². The maximum Gasteiger partial charge on any atom is 0.330 e.